The number of piperidine rings is 1. The second-order valence-electron chi connectivity index (χ2n) is 7.78. The van der Waals surface area contributed by atoms with Crippen LogP contribution in [0.25, 0.3) is 0 Å². The van der Waals surface area contributed by atoms with Crippen molar-refractivity contribution in [3.05, 3.63) is 0 Å². The Morgan fingerprint density at radius 1 is 1.12 bits per heavy atom. The molecule has 0 aromatic heterocycles. The van der Waals surface area contributed by atoms with Crippen LogP contribution in [0.15, 0.2) is 0 Å². The minimum atomic E-state index is 0. The van der Waals surface area contributed by atoms with Crippen molar-refractivity contribution < 1.29 is 9.53 Å². The molecule has 1 unspecified atom stereocenters. The number of hydrogen-bond acceptors (Lipinski definition) is 4. The number of ether oxygens (including phenoxy) is 1. The van der Waals surface area contributed by atoms with Gasteiger partial charge in [0.05, 0.1) is 13.2 Å². The molecule has 148 valence electrons. The summed E-state index contributed by atoms with van der Waals surface area (Å²) in [4.78, 5) is 17.6. The molecule has 2 heterocycles. The van der Waals surface area contributed by atoms with Gasteiger partial charge in [0.1, 0.15) is 0 Å². The van der Waals surface area contributed by atoms with Crippen LogP contribution < -0.4 is 5.73 Å². The average molecular weight is 396 g/mol. The van der Waals surface area contributed by atoms with Gasteiger partial charge in [0.25, 0.3) is 0 Å². The summed E-state index contributed by atoms with van der Waals surface area (Å²) in [5.74, 6) is 0.945. The normalized spacial score (nSPS) is 25.8. The maximum Gasteiger partial charge on any atom is 0.224 e. The number of amides is 1. The summed E-state index contributed by atoms with van der Waals surface area (Å²) in [5.41, 5.74) is 6.13. The zero-order valence-electron chi connectivity index (χ0n) is 15.5. The molecule has 3 rings (SSSR count). The van der Waals surface area contributed by atoms with E-state index >= 15 is 0 Å². The minimum absolute atomic E-state index is 0. The monoisotopic (exact) mass is 395 g/mol. The fourth-order valence-electron chi connectivity index (χ4n) is 4.74. The Labute approximate surface area is 164 Å². The number of rotatable bonds is 4. The lowest BCUT2D eigenvalue weighted by atomic mass is 9.87. The molecule has 0 aromatic rings. The van der Waals surface area contributed by atoms with E-state index in [0.717, 1.165) is 52.2 Å². The SMILES string of the molecule is CC(N)C1CCN(C(=O)CC2(N3CCOCC3)CCCC2)CC1.Cl.Cl. The van der Waals surface area contributed by atoms with Crippen LogP contribution >= 0.6 is 24.8 Å². The molecule has 0 aromatic carbocycles. The Kier molecular flexibility index (Phi) is 9.47. The second kappa shape index (κ2) is 10.3. The summed E-state index contributed by atoms with van der Waals surface area (Å²) in [5, 5.41) is 0. The Morgan fingerprint density at radius 3 is 2.20 bits per heavy atom. The van der Waals surface area contributed by atoms with Gasteiger partial charge in [-0.15, -0.1) is 24.8 Å². The summed E-state index contributed by atoms with van der Waals surface area (Å²) in [6.45, 7) is 7.48. The molecule has 3 fully saturated rings. The van der Waals surface area contributed by atoms with Crippen LogP contribution in [0.3, 0.4) is 0 Å². The van der Waals surface area contributed by atoms with Gasteiger partial charge in [-0.25, -0.2) is 0 Å². The number of nitrogens with zero attached hydrogens (tertiary/aromatic N) is 2. The van der Waals surface area contributed by atoms with Crippen LogP contribution in [0.2, 0.25) is 0 Å². The van der Waals surface area contributed by atoms with Crippen LogP contribution in [0, 0.1) is 5.92 Å². The maximum absolute atomic E-state index is 12.9. The van der Waals surface area contributed by atoms with Gasteiger partial charge in [-0.3, -0.25) is 9.69 Å². The van der Waals surface area contributed by atoms with E-state index in [-0.39, 0.29) is 36.4 Å². The number of carbonyl (C=O) groups excluding carboxylic acids is 1. The summed E-state index contributed by atoms with van der Waals surface area (Å²) >= 11 is 0. The summed E-state index contributed by atoms with van der Waals surface area (Å²) in [6, 6.07) is 0.252. The Morgan fingerprint density at radius 2 is 1.68 bits per heavy atom. The predicted octanol–water partition coefficient (Wildman–Crippen LogP) is 2.45. The number of nitrogens with two attached hydrogens (primary N) is 1. The fraction of sp³-hybridized carbons (Fsp3) is 0.944. The van der Waals surface area contributed by atoms with Crippen molar-refractivity contribution in [2.75, 3.05) is 39.4 Å². The first-order valence-electron chi connectivity index (χ1n) is 9.47. The molecule has 7 heteroatoms. The van der Waals surface area contributed by atoms with E-state index in [4.69, 9.17) is 10.5 Å². The Hall–Kier alpha value is -0.0700. The van der Waals surface area contributed by atoms with Crippen molar-refractivity contribution in [2.45, 2.75) is 63.5 Å². The molecule has 0 radical (unpaired) electrons. The summed E-state index contributed by atoms with van der Waals surface area (Å²) in [7, 11) is 0. The zero-order valence-corrected chi connectivity index (χ0v) is 17.1. The third-order valence-electron chi connectivity index (χ3n) is 6.33. The van der Waals surface area contributed by atoms with Gasteiger partial charge in [0.2, 0.25) is 5.91 Å². The third kappa shape index (κ3) is 5.46. The number of halogens is 2. The number of carbonyl (C=O) groups is 1. The average Bonchev–Trinajstić information content (AvgIpc) is 3.05. The van der Waals surface area contributed by atoms with Gasteiger partial charge in [0, 0.05) is 44.2 Å². The number of hydrogen-bond donors (Lipinski definition) is 1. The standard InChI is InChI=1S/C18H33N3O2.2ClH/c1-15(19)16-4-8-20(9-5-16)17(22)14-18(6-2-3-7-18)21-10-12-23-13-11-21;;/h15-16H,2-14,19H2,1H3;2*1H. The lowest BCUT2D eigenvalue weighted by Gasteiger charge is -2.44. The molecular weight excluding hydrogens is 361 g/mol. The van der Waals surface area contributed by atoms with Gasteiger partial charge in [-0.2, -0.15) is 0 Å². The zero-order chi connectivity index (χ0) is 16.3. The quantitative estimate of drug-likeness (QED) is 0.793. The van der Waals surface area contributed by atoms with Crippen LogP contribution in [-0.2, 0) is 9.53 Å². The summed E-state index contributed by atoms with van der Waals surface area (Å²) < 4.78 is 5.51. The highest BCUT2D eigenvalue weighted by Gasteiger charge is 2.42. The number of likely N-dealkylation sites (tertiary alicyclic amines) is 1. The van der Waals surface area contributed by atoms with Crippen molar-refractivity contribution in [1.82, 2.24) is 9.80 Å². The van der Waals surface area contributed by atoms with Crippen molar-refractivity contribution in [3.8, 4) is 0 Å². The first-order valence-corrected chi connectivity index (χ1v) is 9.47. The molecule has 2 saturated heterocycles. The van der Waals surface area contributed by atoms with Crippen LogP contribution in [0.4, 0.5) is 0 Å². The highest BCUT2D eigenvalue weighted by atomic mass is 35.5. The van der Waals surface area contributed by atoms with E-state index in [2.05, 4.69) is 16.7 Å². The van der Waals surface area contributed by atoms with Crippen molar-refractivity contribution in [3.63, 3.8) is 0 Å². The minimum Gasteiger partial charge on any atom is -0.379 e. The summed E-state index contributed by atoms with van der Waals surface area (Å²) in [6.07, 6.45) is 7.71. The lowest BCUT2D eigenvalue weighted by molar-refractivity contribution is -0.137. The molecule has 1 amide bonds. The number of morpholine rings is 1. The molecule has 1 atom stereocenters. The Bertz CT molecular complexity index is 403. The maximum atomic E-state index is 12.9. The topological polar surface area (TPSA) is 58.8 Å². The molecule has 2 aliphatic heterocycles. The van der Waals surface area contributed by atoms with Crippen molar-refractivity contribution in [1.29, 1.82) is 0 Å². The van der Waals surface area contributed by atoms with Crippen LogP contribution in [0.1, 0.15) is 51.9 Å². The second-order valence-corrected chi connectivity index (χ2v) is 7.78. The highest BCUT2D eigenvalue weighted by molar-refractivity contribution is 5.85. The molecule has 0 bridgehead atoms. The first-order chi connectivity index (χ1) is 11.1. The first kappa shape index (κ1) is 23.0. The largest absolute Gasteiger partial charge is 0.379 e. The van der Waals surface area contributed by atoms with Gasteiger partial charge < -0.3 is 15.4 Å². The molecule has 5 nitrogen and oxygen atoms in total. The molecule has 0 spiro atoms. The predicted molar refractivity (Wildman–Crippen MR) is 106 cm³/mol. The van der Waals surface area contributed by atoms with Crippen LogP contribution in [0.5, 0.6) is 0 Å². The molecule has 25 heavy (non-hydrogen) atoms. The van der Waals surface area contributed by atoms with E-state index in [0.29, 0.717) is 18.2 Å². The molecule has 2 N–H and O–H groups in total. The van der Waals surface area contributed by atoms with E-state index in [1.807, 2.05) is 0 Å². The van der Waals surface area contributed by atoms with E-state index in [9.17, 15) is 4.79 Å². The van der Waals surface area contributed by atoms with Crippen molar-refractivity contribution in [2.24, 2.45) is 11.7 Å². The van der Waals surface area contributed by atoms with Gasteiger partial charge in [-0.05, 0) is 38.5 Å². The van der Waals surface area contributed by atoms with E-state index < -0.39 is 0 Å². The molecule has 3 aliphatic rings. The highest BCUT2D eigenvalue weighted by Crippen LogP contribution is 2.39. The van der Waals surface area contributed by atoms with Crippen LogP contribution in [-0.4, -0.2) is 66.7 Å². The molecule has 1 saturated carbocycles. The van der Waals surface area contributed by atoms with E-state index in [1.165, 1.54) is 25.7 Å². The van der Waals surface area contributed by atoms with Gasteiger partial charge >= 0.3 is 0 Å². The van der Waals surface area contributed by atoms with E-state index in [1.54, 1.807) is 0 Å². The van der Waals surface area contributed by atoms with Gasteiger partial charge in [-0.1, -0.05) is 12.8 Å². The Balaban J connectivity index is 0.00000156. The lowest BCUT2D eigenvalue weighted by Crippen LogP contribution is -2.55. The third-order valence-corrected chi connectivity index (χ3v) is 6.33. The van der Waals surface area contributed by atoms with Gasteiger partial charge in [0.15, 0.2) is 0 Å². The molecular formula is C18H35Cl2N3O2. The smallest absolute Gasteiger partial charge is 0.224 e. The van der Waals surface area contributed by atoms with Crippen molar-refractivity contribution >= 4 is 30.7 Å². The fourth-order valence-corrected chi connectivity index (χ4v) is 4.74. The molecule has 1 aliphatic carbocycles.